The number of fused-ring (bicyclic) bond motifs is 4. The Balaban J connectivity index is 0.0000124. The maximum atomic E-state index is 10.6. The van der Waals surface area contributed by atoms with Crippen molar-refractivity contribution in [2.75, 3.05) is 0 Å². The second kappa shape index (κ2) is 26.5. The standard InChI is InChI=1S/C84H72N4OSi.Pt/c1-61-81(89-71-38-23-37-70(57-71)87-60-86(79-43-20-21-44-80(79)87)52-25-42-75-73(65-32-16-8-17-33-65)40-24-41-74(75)66-34-18-9-19-35-66)48-46-76-77-55-68(45-47-78(77)88(83(61)76)82-56-69(49-51-85-82)84(2,3)4)67-36-22-39-72(54-67)90(58-63-28-12-6-13-29-63,59-64-30-14-7-15-31-64)53-50-62-26-10-5-11-27-62;/h5-24,26-41,43-49,51,54-56H,1,25,42,50,52-53,58-59H2,2-4H3;/q-2;/i5D,6D,7D,8D,9D,10D,11D,12D,13D,14D,15D,16D,17D,18D,19D,22D,26D,27D,28D,29D,30D,31D,32D,33D,34D,35D,36D,39D,54D;. The number of aryl methyl sites for hydroxylation is 1. The average molecular weight is 1410 g/mol. The normalized spacial score (nSPS) is 16.2. The molecule has 0 saturated carbocycles. The molecule has 0 atom stereocenters. The largest absolute Gasteiger partial charge is 0.541 e. The number of para-hydroxylation sites is 2. The number of imidazole rings is 1. The summed E-state index contributed by atoms with van der Waals surface area (Å²) >= 11 is 0. The zero-order valence-electron chi connectivity index (χ0n) is 78.6. The van der Waals surface area contributed by atoms with Crippen LogP contribution in [0.5, 0.6) is 11.5 Å². The Hall–Kier alpha value is -9.58. The van der Waals surface area contributed by atoms with E-state index in [2.05, 4.69) is 19.3 Å². The molecule has 3 aromatic heterocycles. The molecule has 0 aliphatic rings. The van der Waals surface area contributed by atoms with Crippen molar-refractivity contribution in [3.63, 3.8) is 0 Å². The molecular weight excluding hydrogens is 1300 g/mol. The van der Waals surface area contributed by atoms with Gasteiger partial charge in [0.05, 0.1) is 65.4 Å². The van der Waals surface area contributed by atoms with Crippen LogP contribution in [0.25, 0.3) is 77.7 Å². The smallest absolute Gasteiger partial charge is 0.242 e. The number of ether oxygens (including phenoxy) is 1. The van der Waals surface area contributed by atoms with E-state index < -0.39 is 213 Å². The third kappa shape index (κ3) is 12.7. The molecule has 0 aliphatic heterocycles. The molecule has 0 bridgehead atoms. The Morgan fingerprint density at radius 2 is 1.21 bits per heavy atom. The van der Waals surface area contributed by atoms with Crippen LogP contribution in [-0.4, -0.2) is 22.2 Å². The van der Waals surface area contributed by atoms with Gasteiger partial charge in [-0.25, -0.2) is 4.98 Å². The van der Waals surface area contributed by atoms with Crippen LogP contribution >= 0.6 is 0 Å². The third-order valence-electron chi connectivity index (χ3n) is 16.2. The number of hydrogen-bond donors (Lipinski definition) is 0. The fraction of sp³-hybridized carbons (Fsp3) is 0.131. The van der Waals surface area contributed by atoms with E-state index in [9.17, 15) is 11.0 Å². The van der Waals surface area contributed by atoms with E-state index in [0.717, 1.165) is 11.1 Å². The zero-order valence-corrected chi connectivity index (χ0v) is 52.8. The molecule has 11 aromatic carbocycles. The van der Waals surface area contributed by atoms with Crippen LogP contribution in [0, 0.1) is 19.3 Å². The van der Waals surface area contributed by atoms with Gasteiger partial charge in [0.25, 0.3) is 0 Å². The van der Waals surface area contributed by atoms with Crippen molar-refractivity contribution in [1.82, 2.24) is 14.1 Å². The summed E-state index contributed by atoms with van der Waals surface area (Å²) in [7, 11) is -4.71. The molecule has 0 N–H and O–H groups in total. The van der Waals surface area contributed by atoms with Crippen molar-refractivity contribution < 1.29 is 70.1 Å². The van der Waals surface area contributed by atoms with E-state index in [-0.39, 0.29) is 101 Å². The summed E-state index contributed by atoms with van der Waals surface area (Å²) in [4.78, 5) is 4.92. The van der Waals surface area contributed by atoms with Gasteiger partial charge in [0.2, 0.25) is 6.33 Å². The summed E-state index contributed by atoms with van der Waals surface area (Å²) in [6, 6.07) is 12.6. The van der Waals surface area contributed by atoms with Gasteiger partial charge in [-0.15, -0.1) is 17.7 Å². The van der Waals surface area contributed by atoms with E-state index in [1.165, 1.54) is 0 Å². The van der Waals surface area contributed by atoms with Crippen molar-refractivity contribution in [2.24, 2.45) is 0 Å². The second-order valence-corrected chi connectivity index (χ2v) is 27.1. The molecule has 450 valence electrons. The molecule has 3 heterocycles. The predicted molar refractivity (Wildman–Crippen MR) is 375 cm³/mol. The number of aromatic nitrogens is 4. The molecule has 0 radical (unpaired) electrons. The van der Waals surface area contributed by atoms with Crippen LogP contribution in [0.4, 0.5) is 0 Å². The first-order chi connectivity index (χ1) is 56.1. The summed E-state index contributed by atoms with van der Waals surface area (Å²) < 4.78 is 273. The Morgan fingerprint density at radius 1 is 0.582 bits per heavy atom. The summed E-state index contributed by atoms with van der Waals surface area (Å²) in [5.41, 5.74) is 3.33. The molecule has 0 aliphatic carbocycles. The Morgan fingerprint density at radius 3 is 1.88 bits per heavy atom. The maximum absolute atomic E-state index is 10.6. The number of pyridine rings is 1. The van der Waals surface area contributed by atoms with Crippen LogP contribution in [0.2, 0.25) is 6.04 Å². The van der Waals surface area contributed by atoms with Gasteiger partial charge >= 0.3 is 0 Å². The summed E-state index contributed by atoms with van der Waals surface area (Å²) in [5.74, 6) is 0.956. The first-order valence-electron chi connectivity index (χ1n) is 43.7. The zero-order chi connectivity index (χ0) is 86.3. The Bertz CT molecular complexity index is 6360. The Kier molecular flexibility index (Phi) is 10.2. The summed E-state index contributed by atoms with van der Waals surface area (Å²) in [6.45, 7) is 11.0. The van der Waals surface area contributed by atoms with Crippen LogP contribution < -0.4 is 14.5 Å². The number of hydrogen-bond acceptors (Lipinski definition) is 2. The summed E-state index contributed by atoms with van der Waals surface area (Å²) in [5, 5.41) is 0.731. The SMILES string of the molecule is [2H]c1c([2H])c([2H])c(CC[Si](Cc2c([2H])c([2H])c([2H])c([2H])c2[2H])(Cc2c([2H])c([2H])c([2H])c([2H])c2[2H])c2c([2H])c([2H])c([2H])c(-c3ccc4c(c3)c3ccc(Oc5[c-]c(-n6[c-][n+](CCCc7c(-c8c([2H])c([2H])c([2H])c([2H])c8[2H])cccc7-c7c([2H])c([2H])c([2H])c([2H])c7[2H])c7ccccc76)ccc5)c([CH2-])c3n4-c3cc(C(C)(C)C)ccn3)c2[2H])c([2H])c1[2H].[Pt]. The fourth-order valence-electron chi connectivity index (χ4n) is 11.8. The minimum absolute atomic E-state index is 0. The maximum Gasteiger partial charge on any atom is 0.242 e. The molecule has 0 fully saturated rings. The van der Waals surface area contributed by atoms with Gasteiger partial charge in [-0.05, 0) is 139 Å². The molecule has 0 saturated heterocycles. The van der Waals surface area contributed by atoms with E-state index in [1.54, 1.807) is 71.4 Å². The quantitative estimate of drug-likeness (QED) is 0.0459. The number of nitrogens with zero attached hydrogens (tertiary/aromatic N) is 4. The minimum Gasteiger partial charge on any atom is -0.541 e. The van der Waals surface area contributed by atoms with E-state index >= 15 is 0 Å². The van der Waals surface area contributed by atoms with Crippen molar-refractivity contribution in [3.05, 3.63) is 337 Å². The van der Waals surface area contributed by atoms with Crippen LogP contribution in [-0.2, 0) is 58.0 Å². The van der Waals surface area contributed by atoms with Gasteiger partial charge in [-0.2, -0.15) is 19.1 Å². The first kappa shape index (κ1) is 35.1. The Labute approximate surface area is 592 Å². The van der Waals surface area contributed by atoms with Crippen molar-refractivity contribution in [3.8, 4) is 56.4 Å². The number of rotatable bonds is 19. The minimum atomic E-state index is -4.71. The molecule has 7 heteroatoms. The molecule has 14 rings (SSSR count). The van der Waals surface area contributed by atoms with Crippen molar-refractivity contribution >= 4 is 46.1 Å². The molecule has 14 aromatic rings. The van der Waals surface area contributed by atoms with Crippen molar-refractivity contribution in [1.29, 1.82) is 0 Å². The monoisotopic (exact) mass is 1400 g/mol. The van der Waals surface area contributed by atoms with Crippen molar-refractivity contribution in [2.45, 2.75) is 70.1 Å². The molecule has 0 amide bonds. The molecule has 91 heavy (non-hydrogen) atoms. The van der Waals surface area contributed by atoms with Gasteiger partial charge in [0.1, 0.15) is 5.82 Å². The van der Waals surface area contributed by atoms with Crippen LogP contribution in [0.3, 0.4) is 0 Å². The number of benzene rings is 11. The van der Waals surface area contributed by atoms with Gasteiger partial charge in [0, 0.05) is 38.5 Å². The molecule has 0 unspecified atom stereocenters. The van der Waals surface area contributed by atoms with Crippen LogP contribution in [0.1, 0.15) is 100 Å². The fourth-order valence-corrected chi connectivity index (χ4v) is 16.1. The van der Waals surface area contributed by atoms with Crippen LogP contribution in [0.15, 0.2) is 285 Å². The van der Waals surface area contributed by atoms with Gasteiger partial charge < -0.3 is 18.4 Å². The molecular formula is C84H72N4OPtSi-2. The third-order valence-corrected chi connectivity index (χ3v) is 20.8. The first-order valence-corrected chi connectivity index (χ1v) is 31.9. The van der Waals surface area contributed by atoms with Gasteiger partial charge in [0.15, 0.2) is 0 Å². The van der Waals surface area contributed by atoms with E-state index in [1.807, 2.05) is 72.4 Å². The van der Waals surface area contributed by atoms with E-state index in [4.69, 9.17) is 38.5 Å². The summed E-state index contributed by atoms with van der Waals surface area (Å²) in [6.07, 6.45) is 5.08. The second-order valence-electron chi connectivity index (χ2n) is 22.9. The van der Waals surface area contributed by atoms with Gasteiger partial charge in [-0.3, -0.25) is 0 Å². The predicted octanol–water partition coefficient (Wildman–Crippen LogP) is 19.4. The van der Waals surface area contributed by atoms with Gasteiger partial charge in [-0.1, -0.05) is 279 Å². The topological polar surface area (TPSA) is 35.9 Å². The molecule has 5 nitrogen and oxygen atoms in total. The van der Waals surface area contributed by atoms with E-state index in [0.29, 0.717) is 56.4 Å². The molecule has 0 spiro atoms. The average Bonchev–Trinajstić information content (AvgIpc) is 1.50.